The van der Waals surface area contributed by atoms with Crippen LogP contribution < -0.4 is 16.0 Å². The number of rotatable bonds is 7. The quantitative estimate of drug-likeness (QED) is 0.424. The zero-order valence-electron chi connectivity index (χ0n) is 16.5. The molecule has 3 N–H and O–H groups in total. The number of anilines is 1. The summed E-state index contributed by atoms with van der Waals surface area (Å²) < 4.78 is 13.0. The number of carbonyl (C=O) groups excluding carboxylic acids is 1. The first-order chi connectivity index (χ1) is 14.0. The van der Waals surface area contributed by atoms with E-state index in [1.165, 1.54) is 31.4 Å². The van der Waals surface area contributed by atoms with E-state index in [1.54, 1.807) is 25.3 Å². The Kier molecular flexibility index (Phi) is 6.99. The summed E-state index contributed by atoms with van der Waals surface area (Å²) in [6, 6.07) is 9.43. The van der Waals surface area contributed by atoms with Crippen LogP contribution in [0, 0.1) is 5.82 Å². The van der Waals surface area contributed by atoms with Gasteiger partial charge in [0, 0.05) is 24.8 Å². The Hall–Kier alpha value is -3.16. The molecule has 1 aliphatic rings. The number of amides is 1. The number of halogens is 1. The van der Waals surface area contributed by atoms with Crippen molar-refractivity contribution in [1.82, 2.24) is 10.3 Å². The van der Waals surface area contributed by atoms with Gasteiger partial charge >= 0.3 is 0 Å². The van der Waals surface area contributed by atoms with Crippen molar-refractivity contribution in [3.8, 4) is 0 Å². The van der Waals surface area contributed by atoms with Crippen molar-refractivity contribution in [2.45, 2.75) is 32.2 Å². The third-order valence-electron chi connectivity index (χ3n) is 4.83. The summed E-state index contributed by atoms with van der Waals surface area (Å²) in [5.41, 5.74) is 7.34. The lowest BCUT2D eigenvalue weighted by atomic mass is 10.1. The van der Waals surface area contributed by atoms with E-state index in [0.717, 1.165) is 24.5 Å². The molecule has 1 amide bonds. The van der Waals surface area contributed by atoms with Crippen molar-refractivity contribution >= 4 is 17.6 Å². The highest BCUT2D eigenvalue weighted by atomic mass is 19.1. The minimum atomic E-state index is -0.350. The molecule has 2 aromatic rings. The average molecular weight is 399 g/mol. The lowest BCUT2D eigenvalue weighted by molar-refractivity contribution is -0.126. The molecule has 154 valence electrons. The van der Waals surface area contributed by atoms with Crippen molar-refractivity contribution in [2.75, 3.05) is 24.6 Å². The van der Waals surface area contributed by atoms with Crippen molar-refractivity contribution in [1.29, 1.82) is 0 Å². The standard InChI is InChI=1S/C21H26FN5O2/c1-15(16-5-8-18(22)9-6-16)25-20(28)14-29-26-21(23)17-7-10-19(24-13-17)27-11-3-2-4-12-27/h5-10,13,15H,2-4,11-12,14H2,1H3,(H2,23,26)(H,25,28). The molecule has 0 radical (unpaired) electrons. The molecule has 1 aliphatic heterocycles. The topological polar surface area (TPSA) is 92.8 Å². The first-order valence-corrected chi connectivity index (χ1v) is 9.74. The van der Waals surface area contributed by atoms with Gasteiger partial charge in [0.15, 0.2) is 12.4 Å². The van der Waals surface area contributed by atoms with Crippen LogP contribution in [-0.4, -0.2) is 36.4 Å². The monoisotopic (exact) mass is 399 g/mol. The molecule has 1 saturated heterocycles. The zero-order chi connectivity index (χ0) is 20.6. The lowest BCUT2D eigenvalue weighted by Crippen LogP contribution is -2.30. The highest BCUT2D eigenvalue weighted by Crippen LogP contribution is 2.17. The number of hydrogen-bond donors (Lipinski definition) is 2. The summed E-state index contributed by atoms with van der Waals surface area (Å²) in [6.45, 7) is 3.57. The number of pyridine rings is 1. The van der Waals surface area contributed by atoms with Crippen LogP contribution in [-0.2, 0) is 9.63 Å². The molecule has 29 heavy (non-hydrogen) atoms. The van der Waals surface area contributed by atoms with E-state index in [2.05, 4.69) is 20.4 Å². The van der Waals surface area contributed by atoms with Gasteiger partial charge < -0.3 is 20.8 Å². The number of benzene rings is 1. The maximum atomic E-state index is 13.0. The first kappa shape index (κ1) is 20.6. The maximum absolute atomic E-state index is 13.0. The number of amidine groups is 1. The Bertz CT molecular complexity index is 833. The second-order valence-electron chi connectivity index (χ2n) is 7.04. The normalized spacial score (nSPS) is 15.7. The van der Waals surface area contributed by atoms with Crippen LogP contribution in [0.25, 0.3) is 0 Å². The van der Waals surface area contributed by atoms with Gasteiger partial charge in [-0.3, -0.25) is 4.79 Å². The van der Waals surface area contributed by atoms with Crippen LogP contribution in [0.2, 0.25) is 0 Å². The first-order valence-electron chi connectivity index (χ1n) is 9.74. The van der Waals surface area contributed by atoms with E-state index in [4.69, 9.17) is 10.6 Å². The SMILES string of the molecule is CC(NC(=O)CO/N=C(\N)c1ccc(N2CCCCC2)nc1)c1ccc(F)cc1. The molecule has 1 unspecified atom stereocenters. The Balaban J connectivity index is 1.47. The molecule has 1 fully saturated rings. The van der Waals surface area contributed by atoms with Crippen LogP contribution in [0.4, 0.5) is 10.2 Å². The van der Waals surface area contributed by atoms with E-state index >= 15 is 0 Å². The van der Waals surface area contributed by atoms with Gasteiger partial charge in [0.25, 0.3) is 5.91 Å². The van der Waals surface area contributed by atoms with E-state index in [0.29, 0.717) is 5.56 Å². The summed E-state index contributed by atoms with van der Waals surface area (Å²) in [5, 5.41) is 6.56. The summed E-state index contributed by atoms with van der Waals surface area (Å²) in [5.74, 6) is 0.411. The number of aromatic nitrogens is 1. The predicted molar refractivity (Wildman–Crippen MR) is 110 cm³/mol. The van der Waals surface area contributed by atoms with Gasteiger partial charge in [-0.05, 0) is 56.0 Å². The molecule has 0 spiro atoms. The van der Waals surface area contributed by atoms with E-state index < -0.39 is 0 Å². The lowest BCUT2D eigenvalue weighted by Gasteiger charge is -2.27. The van der Waals surface area contributed by atoms with Crippen molar-refractivity contribution in [2.24, 2.45) is 10.9 Å². The minimum absolute atomic E-state index is 0.155. The Morgan fingerprint density at radius 3 is 2.62 bits per heavy atom. The fraction of sp³-hybridized carbons (Fsp3) is 0.381. The summed E-state index contributed by atoms with van der Waals surface area (Å²) in [6.07, 6.45) is 5.29. The molecule has 8 heteroatoms. The average Bonchev–Trinajstić information content (AvgIpc) is 2.75. The third-order valence-corrected chi connectivity index (χ3v) is 4.83. The highest BCUT2D eigenvalue weighted by Gasteiger charge is 2.13. The molecule has 0 saturated carbocycles. The molecule has 0 bridgehead atoms. The van der Waals surface area contributed by atoms with Gasteiger partial charge in [-0.15, -0.1) is 0 Å². The largest absolute Gasteiger partial charge is 0.384 e. The maximum Gasteiger partial charge on any atom is 0.261 e. The van der Waals surface area contributed by atoms with Crippen molar-refractivity contribution in [3.05, 3.63) is 59.5 Å². The predicted octanol–water partition coefficient (Wildman–Crippen LogP) is 2.73. The molecule has 1 aromatic heterocycles. The van der Waals surface area contributed by atoms with Gasteiger partial charge in [-0.2, -0.15) is 0 Å². The second-order valence-corrected chi connectivity index (χ2v) is 7.04. The van der Waals surface area contributed by atoms with Gasteiger partial charge in [0.2, 0.25) is 0 Å². The van der Waals surface area contributed by atoms with Crippen LogP contribution in [0.1, 0.15) is 43.4 Å². The second kappa shape index (κ2) is 9.86. The fourth-order valence-corrected chi connectivity index (χ4v) is 3.18. The number of piperidine rings is 1. The molecule has 3 rings (SSSR count). The van der Waals surface area contributed by atoms with Gasteiger partial charge in [0.1, 0.15) is 11.6 Å². The number of nitrogens with zero attached hydrogens (tertiary/aromatic N) is 3. The Morgan fingerprint density at radius 2 is 1.97 bits per heavy atom. The number of nitrogens with two attached hydrogens (primary N) is 1. The Labute approximate surface area is 169 Å². The molecule has 1 atom stereocenters. The fourth-order valence-electron chi connectivity index (χ4n) is 3.18. The van der Waals surface area contributed by atoms with Gasteiger partial charge in [-0.25, -0.2) is 9.37 Å². The van der Waals surface area contributed by atoms with E-state index in [-0.39, 0.29) is 30.2 Å². The molecular weight excluding hydrogens is 373 g/mol. The molecular formula is C21H26FN5O2. The Morgan fingerprint density at radius 1 is 1.24 bits per heavy atom. The molecule has 1 aromatic carbocycles. The van der Waals surface area contributed by atoms with Crippen LogP contribution in [0.3, 0.4) is 0 Å². The van der Waals surface area contributed by atoms with Gasteiger partial charge in [-0.1, -0.05) is 17.3 Å². The number of oxime groups is 1. The van der Waals surface area contributed by atoms with Crippen molar-refractivity contribution in [3.63, 3.8) is 0 Å². The minimum Gasteiger partial charge on any atom is -0.384 e. The van der Waals surface area contributed by atoms with E-state index in [1.807, 2.05) is 12.1 Å². The van der Waals surface area contributed by atoms with Crippen molar-refractivity contribution < 1.29 is 14.0 Å². The number of hydrogen-bond acceptors (Lipinski definition) is 5. The van der Waals surface area contributed by atoms with Crippen LogP contribution in [0.15, 0.2) is 47.8 Å². The summed E-state index contributed by atoms with van der Waals surface area (Å²) in [4.78, 5) is 23.8. The summed E-state index contributed by atoms with van der Waals surface area (Å²) in [7, 11) is 0. The smallest absolute Gasteiger partial charge is 0.261 e. The van der Waals surface area contributed by atoms with Crippen LogP contribution in [0.5, 0.6) is 0 Å². The molecule has 0 aliphatic carbocycles. The van der Waals surface area contributed by atoms with E-state index in [9.17, 15) is 9.18 Å². The number of nitrogens with one attached hydrogen (secondary N) is 1. The molecule has 2 heterocycles. The highest BCUT2D eigenvalue weighted by molar-refractivity contribution is 5.97. The van der Waals surface area contributed by atoms with Crippen LogP contribution >= 0.6 is 0 Å². The number of carbonyl (C=O) groups is 1. The molecule has 7 nitrogen and oxygen atoms in total. The zero-order valence-corrected chi connectivity index (χ0v) is 16.5. The summed E-state index contributed by atoms with van der Waals surface area (Å²) >= 11 is 0. The van der Waals surface area contributed by atoms with Gasteiger partial charge in [0.05, 0.1) is 6.04 Å². The third kappa shape index (κ3) is 5.91.